The number of amides is 1. The van der Waals surface area contributed by atoms with Crippen molar-refractivity contribution in [1.29, 1.82) is 0 Å². The Morgan fingerprint density at radius 1 is 1.07 bits per heavy atom. The molecule has 0 aliphatic rings. The number of rotatable bonds is 14. The predicted octanol–water partition coefficient (Wildman–Crippen LogP) is 4.90. The van der Waals surface area contributed by atoms with Crippen LogP contribution in [0.3, 0.4) is 0 Å². The van der Waals surface area contributed by atoms with Crippen molar-refractivity contribution in [3.8, 4) is 5.75 Å². The number of ether oxygens (including phenoxy) is 1. The second-order valence-electron chi connectivity index (χ2n) is 9.87. The van der Waals surface area contributed by atoms with Gasteiger partial charge in [0.25, 0.3) is 0 Å². The van der Waals surface area contributed by atoms with Gasteiger partial charge in [0.05, 0.1) is 47.0 Å². The lowest BCUT2D eigenvalue weighted by molar-refractivity contribution is -0.111. The topological polar surface area (TPSA) is 141 Å². The van der Waals surface area contributed by atoms with Crippen LogP contribution in [0.15, 0.2) is 55.3 Å². The van der Waals surface area contributed by atoms with Crippen LogP contribution < -0.4 is 30.3 Å². The molecule has 3 rings (SSSR count). The fourth-order valence-electron chi connectivity index (χ4n) is 3.62. The second-order valence-corrected chi connectivity index (χ2v) is 12.5. The predicted molar refractivity (Wildman–Crippen MR) is 171 cm³/mol. The molecule has 1 amide bonds. The van der Waals surface area contributed by atoms with E-state index < -0.39 is 15.3 Å². The Labute approximate surface area is 252 Å². The zero-order valence-corrected chi connectivity index (χ0v) is 26.1. The van der Waals surface area contributed by atoms with Crippen LogP contribution in [-0.2, 0) is 14.8 Å². The van der Waals surface area contributed by atoms with E-state index in [0.29, 0.717) is 35.0 Å². The maximum Gasteiger partial charge on any atom is 0.247 e. The first-order valence-corrected chi connectivity index (χ1v) is 15.0. The number of sulfonamides is 1. The van der Waals surface area contributed by atoms with Crippen LogP contribution in [0.5, 0.6) is 5.75 Å². The van der Waals surface area contributed by atoms with Gasteiger partial charge in [0.1, 0.15) is 10.8 Å². The first-order chi connectivity index (χ1) is 19.8. The molecule has 0 unspecified atom stereocenters. The minimum absolute atomic E-state index is 0.176. The van der Waals surface area contributed by atoms with Gasteiger partial charge in [-0.1, -0.05) is 30.3 Å². The number of aromatic nitrogens is 2. The molecule has 2 aromatic carbocycles. The highest BCUT2D eigenvalue weighted by Gasteiger charge is 2.19. The molecule has 0 saturated heterocycles. The van der Waals surface area contributed by atoms with Gasteiger partial charge in [-0.05, 0) is 52.2 Å². The molecular weight excluding hydrogens is 580 g/mol. The molecule has 0 atom stereocenters. The number of hydrogen-bond acceptors (Lipinski definition) is 10. The van der Waals surface area contributed by atoms with Crippen molar-refractivity contribution in [2.24, 2.45) is 0 Å². The molecule has 0 fully saturated rings. The summed E-state index contributed by atoms with van der Waals surface area (Å²) in [5.41, 5.74) is 2.55. The van der Waals surface area contributed by atoms with Crippen molar-refractivity contribution >= 4 is 67.7 Å². The van der Waals surface area contributed by atoms with E-state index in [1.807, 2.05) is 32.1 Å². The number of para-hydroxylation sites is 2. The number of nitrogens with one attached hydrogen (secondary N) is 4. The molecule has 12 nitrogen and oxygen atoms in total. The summed E-state index contributed by atoms with van der Waals surface area (Å²) in [6.45, 7) is 8.23. The Morgan fingerprint density at radius 2 is 1.76 bits per heavy atom. The van der Waals surface area contributed by atoms with E-state index >= 15 is 0 Å². The van der Waals surface area contributed by atoms with Crippen LogP contribution in [0.1, 0.15) is 13.8 Å². The lowest BCUT2D eigenvalue weighted by atomic mass is 10.2. The number of halogens is 1. The van der Waals surface area contributed by atoms with E-state index in [0.717, 1.165) is 12.2 Å². The number of hydrogen-bond donors (Lipinski definition) is 4. The third-order valence-electron chi connectivity index (χ3n) is 6.10. The number of likely N-dealkylation sites (N-methyl/N-ethyl adjacent to an activating group) is 2. The van der Waals surface area contributed by atoms with Crippen molar-refractivity contribution in [3.63, 3.8) is 0 Å². The van der Waals surface area contributed by atoms with E-state index in [9.17, 15) is 13.2 Å². The summed E-state index contributed by atoms with van der Waals surface area (Å²) < 4.78 is 33.2. The van der Waals surface area contributed by atoms with Gasteiger partial charge >= 0.3 is 0 Å². The van der Waals surface area contributed by atoms with Crippen LogP contribution in [-0.4, -0.2) is 75.8 Å². The van der Waals surface area contributed by atoms with Crippen molar-refractivity contribution in [2.75, 3.05) is 66.9 Å². The van der Waals surface area contributed by atoms with Gasteiger partial charge in [-0.2, -0.15) is 4.98 Å². The third kappa shape index (κ3) is 8.47. The number of nitrogens with zero attached hydrogens (tertiary/aromatic N) is 4. The number of benzene rings is 2. The lowest BCUT2D eigenvalue weighted by Crippen LogP contribution is -2.29. The number of carbonyl (C=O) groups is 1. The fourth-order valence-corrected chi connectivity index (χ4v) is 4.48. The Kier molecular flexibility index (Phi) is 11.0. The van der Waals surface area contributed by atoms with Crippen LogP contribution in [0.4, 0.5) is 40.2 Å². The highest BCUT2D eigenvalue weighted by Crippen LogP contribution is 2.38. The summed E-state index contributed by atoms with van der Waals surface area (Å²) in [4.78, 5) is 25.1. The minimum atomic E-state index is -3.59. The Hall–Kier alpha value is -4.07. The molecule has 226 valence electrons. The average Bonchev–Trinajstić information content (AvgIpc) is 2.94. The Bertz CT molecular complexity index is 1530. The smallest absolute Gasteiger partial charge is 0.247 e. The van der Waals surface area contributed by atoms with Crippen molar-refractivity contribution in [2.45, 2.75) is 19.1 Å². The maximum absolute atomic E-state index is 12.5. The molecule has 0 spiro atoms. The summed E-state index contributed by atoms with van der Waals surface area (Å²) >= 11 is 6.41. The van der Waals surface area contributed by atoms with E-state index in [4.69, 9.17) is 16.3 Å². The number of carbonyl (C=O) groups excluding carboxylic acids is 1. The summed E-state index contributed by atoms with van der Waals surface area (Å²) in [5.74, 6) is 0.536. The highest BCUT2D eigenvalue weighted by atomic mass is 35.5. The largest absolute Gasteiger partial charge is 0.494 e. The van der Waals surface area contributed by atoms with Crippen molar-refractivity contribution in [3.05, 3.63) is 60.3 Å². The van der Waals surface area contributed by atoms with Gasteiger partial charge in [0.2, 0.25) is 21.9 Å². The van der Waals surface area contributed by atoms with Crippen LogP contribution in [0.2, 0.25) is 5.02 Å². The van der Waals surface area contributed by atoms with Gasteiger partial charge in [-0.15, -0.1) is 0 Å². The standard InChI is InChI=1S/C28H37ClN8O4S/c1-8-26(38)31-22-15-23(25(41-7)16-24(22)37(6)14-13-36(4)5)33-28-30-17-19(29)27(34-28)32-20-11-9-10-12-21(20)35-42(39,40)18(2)3/h8-12,15-18,35H,1,13-14H2,2-7H3,(H,31,38)(H2,30,32,33,34). The Balaban J connectivity index is 1.96. The molecule has 4 N–H and O–H groups in total. The van der Waals surface area contributed by atoms with Crippen molar-refractivity contribution < 1.29 is 17.9 Å². The summed E-state index contributed by atoms with van der Waals surface area (Å²) in [5, 5.41) is 8.66. The van der Waals surface area contributed by atoms with Crippen LogP contribution in [0, 0.1) is 0 Å². The second kappa shape index (κ2) is 14.2. The number of methoxy groups -OCH3 is 1. The highest BCUT2D eigenvalue weighted by molar-refractivity contribution is 7.93. The van der Waals surface area contributed by atoms with Gasteiger partial charge in [-0.3, -0.25) is 9.52 Å². The van der Waals surface area contributed by atoms with Gasteiger partial charge in [0, 0.05) is 26.2 Å². The number of anilines is 7. The van der Waals surface area contributed by atoms with Gasteiger partial charge in [0.15, 0.2) is 5.82 Å². The lowest BCUT2D eigenvalue weighted by Gasteiger charge is -2.26. The fraction of sp³-hybridized carbons (Fsp3) is 0.321. The van der Waals surface area contributed by atoms with Crippen molar-refractivity contribution in [1.82, 2.24) is 14.9 Å². The zero-order valence-electron chi connectivity index (χ0n) is 24.5. The quantitative estimate of drug-likeness (QED) is 0.185. The molecule has 3 aromatic rings. The summed E-state index contributed by atoms with van der Waals surface area (Å²) in [7, 11) is 3.85. The van der Waals surface area contributed by atoms with E-state index in [1.165, 1.54) is 19.4 Å². The van der Waals surface area contributed by atoms with Crippen LogP contribution >= 0.6 is 11.6 Å². The zero-order chi connectivity index (χ0) is 31.0. The summed E-state index contributed by atoms with van der Waals surface area (Å²) in [6.07, 6.45) is 2.61. The molecular formula is C28H37ClN8O4S. The molecule has 0 bridgehead atoms. The molecule has 0 saturated carbocycles. The molecule has 42 heavy (non-hydrogen) atoms. The Morgan fingerprint density at radius 3 is 2.38 bits per heavy atom. The first-order valence-electron chi connectivity index (χ1n) is 13.0. The molecule has 0 radical (unpaired) electrons. The van der Waals surface area contributed by atoms with E-state index in [1.54, 1.807) is 44.2 Å². The molecule has 0 aliphatic heterocycles. The molecule has 14 heteroatoms. The van der Waals surface area contributed by atoms with E-state index in [-0.39, 0.29) is 22.7 Å². The monoisotopic (exact) mass is 616 g/mol. The summed E-state index contributed by atoms with van der Waals surface area (Å²) in [6, 6.07) is 10.3. The van der Waals surface area contributed by atoms with Crippen LogP contribution in [0.25, 0.3) is 0 Å². The molecule has 1 aromatic heterocycles. The molecule has 1 heterocycles. The first kappa shape index (κ1) is 32.4. The molecule has 0 aliphatic carbocycles. The third-order valence-corrected chi connectivity index (χ3v) is 8.12. The average molecular weight is 617 g/mol. The maximum atomic E-state index is 12.5. The van der Waals surface area contributed by atoms with Gasteiger partial charge < -0.3 is 30.5 Å². The normalized spacial score (nSPS) is 11.3. The van der Waals surface area contributed by atoms with Gasteiger partial charge in [-0.25, -0.2) is 13.4 Å². The SMILES string of the molecule is C=CC(=O)Nc1cc(Nc2ncc(Cl)c(Nc3ccccc3NS(=O)(=O)C(C)C)n2)c(OC)cc1N(C)CCN(C)C. The minimum Gasteiger partial charge on any atom is -0.494 e. The van der Waals surface area contributed by atoms with E-state index in [2.05, 4.69) is 42.1 Å².